The van der Waals surface area contributed by atoms with E-state index in [1.807, 2.05) is 11.8 Å². The monoisotopic (exact) mass is 222 g/mol. The molecule has 2 atom stereocenters. The molecule has 0 saturated heterocycles. The van der Waals surface area contributed by atoms with Crippen molar-refractivity contribution < 1.29 is 5.11 Å². The first-order valence-electron chi connectivity index (χ1n) is 5.61. The number of aryl methyl sites for hydroxylation is 1. The third-order valence-corrected chi connectivity index (χ3v) is 4.59. The van der Waals surface area contributed by atoms with Gasteiger partial charge in [0, 0.05) is 11.0 Å². The first-order chi connectivity index (χ1) is 7.27. The molecular weight excluding hydrogens is 204 g/mol. The van der Waals surface area contributed by atoms with Gasteiger partial charge in [0.15, 0.2) is 0 Å². The molecule has 1 aliphatic carbocycles. The van der Waals surface area contributed by atoms with Gasteiger partial charge in [-0.2, -0.15) is 11.8 Å². The number of hydrogen-bond acceptors (Lipinski definition) is 2. The van der Waals surface area contributed by atoms with E-state index < -0.39 is 0 Å². The van der Waals surface area contributed by atoms with Crippen molar-refractivity contribution >= 4 is 11.8 Å². The van der Waals surface area contributed by atoms with E-state index in [-0.39, 0.29) is 6.10 Å². The number of aliphatic hydroxyl groups is 1. The summed E-state index contributed by atoms with van der Waals surface area (Å²) in [4.78, 5) is 0. The third-order valence-electron chi connectivity index (χ3n) is 3.13. The minimum atomic E-state index is -0.0704. The van der Waals surface area contributed by atoms with Gasteiger partial charge in [-0.3, -0.25) is 0 Å². The molecule has 1 aliphatic rings. The maximum atomic E-state index is 9.72. The van der Waals surface area contributed by atoms with Crippen molar-refractivity contribution in [2.45, 2.75) is 43.3 Å². The van der Waals surface area contributed by atoms with Crippen molar-refractivity contribution in [2.75, 3.05) is 0 Å². The van der Waals surface area contributed by atoms with E-state index in [1.54, 1.807) is 0 Å². The summed E-state index contributed by atoms with van der Waals surface area (Å²) >= 11 is 1.91. The second kappa shape index (κ2) is 5.04. The van der Waals surface area contributed by atoms with Crippen LogP contribution in [0.2, 0.25) is 0 Å². The van der Waals surface area contributed by atoms with E-state index in [2.05, 4.69) is 31.2 Å². The molecule has 0 heterocycles. The lowest BCUT2D eigenvalue weighted by Crippen LogP contribution is -2.15. The predicted octanol–water partition coefficient (Wildman–Crippen LogP) is 3.14. The molecule has 1 aromatic carbocycles. The Hall–Kier alpha value is -0.470. The molecule has 2 rings (SSSR count). The molecular formula is C13H18OS. The van der Waals surface area contributed by atoms with Gasteiger partial charge in [-0.05, 0) is 37.3 Å². The van der Waals surface area contributed by atoms with E-state index in [4.69, 9.17) is 0 Å². The van der Waals surface area contributed by atoms with Gasteiger partial charge in [0.1, 0.15) is 0 Å². The molecule has 0 bridgehead atoms. The minimum absolute atomic E-state index is 0.0704. The van der Waals surface area contributed by atoms with Crippen LogP contribution in [0.4, 0.5) is 0 Å². The zero-order valence-electron chi connectivity index (χ0n) is 9.15. The largest absolute Gasteiger partial charge is 0.392 e. The number of rotatable bonds is 3. The lowest BCUT2D eigenvalue weighted by atomic mass is 10.1. The summed E-state index contributed by atoms with van der Waals surface area (Å²) in [6.07, 6.45) is 3.29. The quantitative estimate of drug-likeness (QED) is 0.848. The van der Waals surface area contributed by atoms with Crippen LogP contribution in [0.5, 0.6) is 0 Å². The summed E-state index contributed by atoms with van der Waals surface area (Å²) in [5, 5.41) is 10.2. The smallest absolute Gasteiger partial charge is 0.0658 e. The van der Waals surface area contributed by atoms with Crippen molar-refractivity contribution in [3.05, 3.63) is 35.4 Å². The van der Waals surface area contributed by atoms with Crippen molar-refractivity contribution in [2.24, 2.45) is 0 Å². The van der Waals surface area contributed by atoms with Crippen molar-refractivity contribution in [1.82, 2.24) is 0 Å². The molecule has 0 radical (unpaired) electrons. The van der Waals surface area contributed by atoms with Gasteiger partial charge in [0.2, 0.25) is 0 Å². The molecule has 2 heteroatoms. The Bertz CT molecular complexity index is 324. The molecule has 0 aliphatic heterocycles. The van der Waals surface area contributed by atoms with Crippen LogP contribution >= 0.6 is 11.8 Å². The number of hydrogen-bond donors (Lipinski definition) is 1. The fourth-order valence-corrected chi connectivity index (χ4v) is 3.48. The molecule has 15 heavy (non-hydrogen) atoms. The minimum Gasteiger partial charge on any atom is -0.392 e. The molecule has 0 unspecified atom stereocenters. The molecule has 1 saturated carbocycles. The SMILES string of the molecule is Cc1ccccc1CS[C@@H]1CCC[C@H]1O. The fraction of sp³-hybridized carbons (Fsp3) is 0.538. The molecule has 1 nitrogen and oxygen atoms in total. The van der Waals surface area contributed by atoms with Gasteiger partial charge in [0.25, 0.3) is 0 Å². The van der Waals surface area contributed by atoms with Crippen LogP contribution in [0, 0.1) is 6.92 Å². The van der Waals surface area contributed by atoms with Crippen LogP contribution in [-0.4, -0.2) is 16.5 Å². The normalized spacial score (nSPS) is 25.7. The van der Waals surface area contributed by atoms with Gasteiger partial charge in [-0.25, -0.2) is 0 Å². The van der Waals surface area contributed by atoms with E-state index in [0.717, 1.165) is 12.2 Å². The average Bonchev–Trinajstić information content (AvgIpc) is 2.63. The Morgan fingerprint density at radius 1 is 1.33 bits per heavy atom. The Morgan fingerprint density at radius 3 is 2.80 bits per heavy atom. The lowest BCUT2D eigenvalue weighted by molar-refractivity contribution is 0.188. The van der Waals surface area contributed by atoms with Crippen molar-refractivity contribution in [3.8, 4) is 0 Å². The zero-order valence-corrected chi connectivity index (χ0v) is 9.96. The standard InChI is InChI=1S/C13H18OS/c1-10-5-2-3-6-11(10)9-15-13-8-4-7-12(13)14/h2-3,5-6,12-14H,4,7-9H2,1H3/t12-,13-/m1/s1. The second-order valence-corrected chi connectivity index (χ2v) is 5.50. The maximum absolute atomic E-state index is 9.72. The van der Waals surface area contributed by atoms with Crippen LogP contribution in [0.1, 0.15) is 30.4 Å². The average molecular weight is 222 g/mol. The van der Waals surface area contributed by atoms with E-state index in [9.17, 15) is 5.11 Å². The van der Waals surface area contributed by atoms with Crippen LogP contribution < -0.4 is 0 Å². The molecule has 0 amide bonds. The second-order valence-electron chi connectivity index (χ2n) is 4.27. The Labute approximate surface area is 95.9 Å². The van der Waals surface area contributed by atoms with Gasteiger partial charge in [-0.15, -0.1) is 0 Å². The summed E-state index contributed by atoms with van der Waals surface area (Å²) in [5.41, 5.74) is 2.76. The molecule has 0 aromatic heterocycles. The topological polar surface area (TPSA) is 20.2 Å². The van der Waals surface area contributed by atoms with E-state index in [0.29, 0.717) is 5.25 Å². The molecule has 82 valence electrons. The Morgan fingerprint density at radius 2 is 2.13 bits per heavy atom. The summed E-state index contributed by atoms with van der Waals surface area (Å²) < 4.78 is 0. The highest BCUT2D eigenvalue weighted by Gasteiger charge is 2.25. The van der Waals surface area contributed by atoms with Gasteiger partial charge >= 0.3 is 0 Å². The maximum Gasteiger partial charge on any atom is 0.0658 e. The number of thioether (sulfide) groups is 1. The summed E-state index contributed by atoms with van der Waals surface area (Å²) in [7, 11) is 0. The van der Waals surface area contributed by atoms with Gasteiger partial charge in [0.05, 0.1) is 6.10 Å². The fourth-order valence-electron chi connectivity index (χ4n) is 2.07. The highest BCUT2D eigenvalue weighted by Crippen LogP contribution is 2.32. The Kier molecular flexibility index (Phi) is 3.71. The summed E-state index contributed by atoms with van der Waals surface area (Å²) in [5.74, 6) is 1.04. The number of aliphatic hydroxyl groups excluding tert-OH is 1. The van der Waals surface area contributed by atoms with Crippen LogP contribution in [0.3, 0.4) is 0 Å². The van der Waals surface area contributed by atoms with Crippen LogP contribution in [0.15, 0.2) is 24.3 Å². The molecule has 1 N–H and O–H groups in total. The van der Waals surface area contributed by atoms with E-state index >= 15 is 0 Å². The van der Waals surface area contributed by atoms with Crippen molar-refractivity contribution in [3.63, 3.8) is 0 Å². The first-order valence-corrected chi connectivity index (χ1v) is 6.66. The Balaban J connectivity index is 1.90. The molecule has 1 fully saturated rings. The first kappa shape index (κ1) is 11.0. The van der Waals surface area contributed by atoms with Gasteiger partial charge in [-0.1, -0.05) is 24.3 Å². The van der Waals surface area contributed by atoms with Crippen LogP contribution in [-0.2, 0) is 5.75 Å². The van der Waals surface area contributed by atoms with Crippen molar-refractivity contribution in [1.29, 1.82) is 0 Å². The number of benzene rings is 1. The third kappa shape index (κ3) is 2.76. The molecule has 1 aromatic rings. The highest BCUT2D eigenvalue weighted by atomic mass is 32.2. The molecule has 0 spiro atoms. The highest BCUT2D eigenvalue weighted by molar-refractivity contribution is 7.99. The predicted molar refractivity (Wildman–Crippen MR) is 66.1 cm³/mol. The lowest BCUT2D eigenvalue weighted by Gasteiger charge is -2.14. The van der Waals surface area contributed by atoms with Crippen LogP contribution in [0.25, 0.3) is 0 Å². The van der Waals surface area contributed by atoms with Gasteiger partial charge < -0.3 is 5.11 Å². The summed E-state index contributed by atoms with van der Waals surface area (Å²) in [6, 6.07) is 8.51. The van der Waals surface area contributed by atoms with E-state index in [1.165, 1.54) is 24.0 Å². The zero-order chi connectivity index (χ0) is 10.7. The summed E-state index contributed by atoms with van der Waals surface area (Å²) in [6.45, 7) is 2.15.